The van der Waals surface area contributed by atoms with E-state index in [0.29, 0.717) is 0 Å². The molecule has 2 fully saturated rings. The molecule has 1 saturated heterocycles. The van der Waals surface area contributed by atoms with Gasteiger partial charge in [0, 0.05) is 12.5 Å². The Labute approximate surface area is 208 Å². The molecule has 2 nitrogen and oxygen atoms in total. The number of benzene rings is 1. The van der Waals surface area contributed by atoms with E-state index in [4.69, 9.17) is 0 Å². The van der Waals surface area contributed by atoms with E-state index >= 15 is 0 Å². The first-order valence-electron chi connectivity index (χ1n) is 14.1. The Kier molecular flexibility index (Phi) is 9.25. The van der Waals surface area contributed by atoms with Crippen LogP contribution in [0, 0.1) is 12.8 Å². The van der Waals surface area contributed by atoms with Crippen molar-refractivity contribution in [1.29, 1.82) is 0 Å². The highest BCUT2D eigenvalue weighted by Gasteiger charge is 2.39. The van der Waals surface area contributed by atoms with Crippen molar-refractivity contribution in [1.82, 2.24) is 4.90 Å². The van der Waals surface area contributed by atoms with Gasteiger partial charge >= 0.3 is 0 Å². The summed E-state index contributed by atoms with van der Waals surface area (Å²) in [5.74, 6) is 1.11. The number of aryl methyl sites for hydroxylation is 2. The maximum atomic E-state index is 12.0. The van der Waals surface area contributed by atoms with E-state index in [0.717, 1.165) is 44.6 Å². The predicted molar refractivity (Wildman–Crippen MR) is 145 cm³/mol. The zero-order valence-electron chi connectivity index (χ0n) is 21.8. The summed E-state index contributed by atoms with van der Waals surface area (Å²) in [5, 5.41) is 12.0. The molecule has 0 radical (unpaired) electrons. The molecule has 2 heteroatoms. The minimum absolute atomic E-state index is 0.219. The van der Waals surface area contributed by atoms with Gasteiger partial charge in [0.1, 0.15) is 0 Å². The first-order valence-corrected chi connectivity index (χ1v) is 14.1. The van der Waals surface area contributed by atoms with E-state index in [-0.39, 0.29) is 5.92 Å². The number of rotatable bonds is 8. The first-order chi connectivity index (χ1) is 16.6. The van der Waals surface area contributed by atoms with Crippen LogP contribution in [0.1, 0.15) is 100 Å². The highest BCUT2D eigenvalue weighted by atomic mass is 16.3. The number of hydrogen-bond acceptors (Lipinski definition) is 2. The maximum absolute atomic E-state index is 12.0. The standard InChI is InChI=1S/C32H47NO/c1-3-27-18-22-33(23-19-27)25-31(32(34)20-10-6-7-11-21-32)30-17-16-29(26(2)24-30)15-14-28-12-8-4-5-9-13-28/h4-5,8-9,12,16-17,24,27,31,34H,3,6-7,10-11,13-15,18-23,25H2,1-2H3. The molecule has 1 saturated carbocycles. The van der Waals surface area contributed by atoms with Gasteiger partial charge in [-0.05, 0) is 87.6 Å². The predicted octanol–water partition coefficient (Wildman–Crippen LogP) is 7.66. The quantitative estimate of drug-likeness (QED) is 0.402. The second-order valence-electron chi connectivity index (χ2n) is 11.3. The van der Waals surface area contributed by atoms with Gasteiger partial charge < -0.3 is 10.0 Å². The van der Waals surface area contributed by atoms with E-state index in [2.05, 4.69) is 67.3 Å². The van der Waals surface area contributed by atoms with Gasteiger partial charge in [0.2, 0.25) is 0 Å². The lowest BCUT2D eigenvalue weighted by Gasteiger charge is -2.41. The Morgan fingerprint density at radius 1 is 1.00 bits per heavy atom. The molecule has 3 aliphatic rings. The SMILES string of the molecule is CCC1CCN(CC(c2ccc(CCC3=CC=CC=CC3)c(C)c2)C2(O)CCCCCC2)CC1. The summed E-state index contributed by atoms with van der Waals surface area (Å²) >= 11 is 0. The van der Waals surface area contributed by atoms with Crippen LogP contribution >= 0.6 is 0 Å². The van der Waals surface area contributed by atoms with E-state index in [1.165, 1.54) is 80.3 Å². The van der Waals surface area contributed by atoms with E-state index < -0.39 is 5.60 Å². The van der Waals surface area contributed by atoms with Crippen molar-refractivity contribution in [3.8, 4) is 0 Å². The Morgan fingerprint density at radius 3 is 2.47 bits per heavy atom. The molecule has 1 N–H and O–H groups in total. The third-order valence-electron chi connectivity index (χ3n) is 8.90. The minimum Gasteiger partial charge on any atom is -0.389 e. The largest absolute Gasteiger partial charge is 0.389 e. The molecular weight excluding hydrogens is 414 g/mol. The molecule has 1 atom stereocenters. The third-order valence-corrected chi connectivity index (χ3v) is 8.90. The zero-order chi connectivity index (χ0) is 23.8. The molecule has 0 spiro atoms. The van der Waals surface area contributed by atoms with Crippen LogP contribution in [0.4, 0.5) is 0 Å². The van der Waals surface area contributed by atoms with Crippen LogP contribution in [0.5, 0.6) is 0 Å². The third kappa shape index (κ3) is 6.73. The van der Waals surface area contributed by atoms with Gasteiger partial charge in [0.05, 0.1) is 5.60 Å². The molecule has 2 aliphatic carbocycles. The van der Waals surface area contributed by atoms with Crippen LogP contribution in [0.15, 0.2) is 54.2 Å². The molecule has 1 unspecified atom stereocenters. The number of aliphatic hydroxyl groups is 1. The summed E-state index contributed by atoms with van der Waals surface area (Å²) in [4.78, 5) is 2.66. The van der Waals surface area contributed by atoms with Crippen LogP contribution in [0.3, 0.4) is 0 Å². The lowest BCUT2D eigenvalue weighted by molar-refractivity contribution is -0.0164. The fraction of sp³-hybridized carbons (Fsp3) is 0.625. The molecule has 1 aromatic carbocycles. The summed E-state index contributed by atoms with van der Waals surface area (Å²) in [6.07, 6.45) is 25.0. The first kappa shape index (κ1) is 25.5. The molecule has 4 rings (SSSR count). The summed E-state index contributed by atoms with van der Waals surface area (Å²) in [7, 11) is 0. The zero-order valence-corrected chi connectivity index (χ0v) is 21.8. The van der Waals surface area contributed by atoms with E-state index in [1.807, 2.05) is 0 Å². The van der Waals surface area contributed by atoms with Crippen molar-refractivity contribution < 1.29 is 5.11 Å². The normalized spacial score (nSPS) is 22.7. The molecule has 1 heterocycles. The van der Waals surface area contributed by atoms with E-state index in [1.54, 1.807) is 0 Å². The average molecular weight is 462 g/mol. The van der Waals surface area contributed by atoms with Crippen molar-refractivity contribution in [2.75, 3.05) is 19.6 Å². The Hall–Kier alpha value is -1.64. The second kappa shape index (κ2) is 12.4. The van der Waals surface area contributed by atoms with E-state index in [9.17, 15) is 5.11 Å². The smallest absolute Gasteiger partial charge is 0.0728 e. The van der Waals surface area contributed by atoms with Crippen molar-refractivity contribution in [3.05, 3.63) is 70.8 Å². The molecule has 0 amide bonds. The number of hydrogen-bond donors (Lipinski definition) is 1. The maximum Gasteiger partial charge on any atom is 0.0728 e. The van der Waals surface area contributed by atoms with Crippen LogP contribution in [0.25, 0.3) is 0 Å². The topological polar surface area (TPSA) is 23.5 Å². The lowest BCUT2D eigenvalue weighted by Crippen LogP contribution is -2.45. The van der Waals surface area contributed by atoms with Gasteiger partial charge in [-0.3, -0.25) is 0 Å². The molecule has 1 aliphatic heterocycles. The van der Waals surface area contributed by atoms with Crippen LogP contribution < -0.4 is 0 Å². The molecule has 0 bridgehead atoms. The molecule has 1 aromatic rings. The summed E-state index contributed by atoms with van der Waals surface area (Å²) in [6.45, 7) is 8.01. The van der Waals surface area contributed by atoms with Gasteiger partial charge in [0.15, 0.2) is 0 Å². The van der Waals surface area contributed by atoms with Crippen LogP contribution in [-0.2, 0) is 6.42 Å². The summed E-state index contributed by atoms with van der Waals surface area (Å²) in [6, 6.07) is 7.14. The highest BCUT2D eigenvalue weighted by molar-refractivity contribution is 5.36. The van der Waals surface area contributed by atoms with Crippen molar-refractivity contribution >= 4 is 0 Å². The van der Waals surface area contributed by atoms with Gasteiger partial charge in [-0.2, -0.15) is 0 Å². The van der Waals surface area contributed by atoms with Gasteiger partial charge in [-0.25, -0.2) is 0 Å². The lowest BCUT2D eigenvalue weighted by atomic mass is 9.75. The number of likely N-dealkylation sites (tertiary alicyclic amines) is 1. The van der Waals surface area contributed by atoms with Crippen molar-refractivity contribution in [3.63, 3.8) is 0 Å². The van der Waals surface area contributed by atoms with Crippen LogP contribution in [0.2, 0.25) is 0 Å². The highest BCUT2D eigenvalue weighted by Crippen LogP contribution is 2.41. The summed E-state index contributed by atoms with van der Waals surface area (Å²) in [5.41, 5.74) is 5.16. The number of piperidine rings is 1. The van der Waals surface area contributed by atoms with Crippen molar-refractivity contribution in [2.45, 2.75) is 102 Å². The average Bonchev–Trinajstić information content (AvgIpc) is 3.25. The molecule has 0 aromatic heterocycles. The number of nitrogens with zero attached hydrogens (tertiary/aromatic N) is 1. The fourth-order valence-electron chi connectivity index (χ4n) is 6.43. The molecular formula is C32H47NO. The molecule has 34 heavy (non-hydrogen) atoms. The van der Waals surface area contributed by atoms with Gasteiger partial charge in [-0.1, -0.05) is 93.2 Å². The Morgan fingerprint density at radius 2 is 1.76 bits per heavy atom. The van der Waals surface area contributed by atoms with Crippen molar-refractivity contribution in [2.24, 2.45) is 5.92 Å². The fourth-order valence-corrected chi connectivity index (χ4v) is 6.43. The molecule has 186 valence electrons. The second-order valence-corrected chi connectivity index (χ2v) is 11.3. The monoisotopic (exact) mass is 461 g/mol. The van der Waals surface area contributed by atoms with Crippen LogP contribution in [-0.4, -0.2) is 35.2 Å². The summed E-state index contributed by atoms with van der Waals surface area (Å²) < 4.78 is 0. The van der Waals surface area contributed by atoms with Gasteiger partial charge in [-0.15, -0.1) is 0 Å². The number of allylic oxidation sites excluding steroid dienone is 6. The Balaban J connectivity index is 1.50. The minimum atomic E-state index is -0.560. The van der Waals surface area contributed by atoms with Gasteiger partial charge in [0.25, 0.3) is 0 Å². The Bertz CT molecular complexity index is 863.